The molecule has 1 aromatic rings. The molecule has 1 aromatic carbocycles. The van der Waals surface area contributed by atoms with Crippen LogP contribution in [0.4, 0.5) is 4.39 Å². The summed E-state index contributed by atoms with van der Waals surface area (Å²) in [5.74, 6) is 0.646. The quantitative estimate of drug-likeness (QED) is 0.912. The van der Waals surface area contributed by atoms with E-state index in [4.69, 9.17) is 9.47 Å². The fourth-order valence-electron chi connectivity index (χ4n) is 2.13. The molecule has 0 aromatic heterocycles. The Morgan fingerprint density at radius 1 is 1.33 bits per heavy atom. The predicted octanol–water partition coefficient (Wildman–Crippen LogP) is 2.82. The largest absolute Gasteiger partial charge is 0.490 e. The van der Waals surface area contributed by atoms with E-state index in [0.717, 1.165) is 6.42 Å². The minimum atomic E-state index is -0.759. The van der Waals surface area contributed by atoms with Gasteiger partial charge in [-0.25, -0.2) is 4.39 Å². The first-order chi connectivity index (χ1) is 8.59. The van der Waals surface area contributed by atoms with Gasteiger partial charge in [-0.2, -0.15) is 0 Å². The average Bonchev–Trinajstić information content (AvgIpc) is 3.09. The lowest BCUT2D eigenvalue weighted by Gasteiger charge is -2.16. The monoisotopic (exact) mass is 316 g/mol. The molecule has 0 atom stereocenters. The van der Waals surface area contributed by atoms with Crippen molar-refractivity contribution in [3.63, 3.8) is 0 Å². The number of halogens is 2. The summed E-state index contributed by atoms with van der Waals surface area (Å²) in [7, 11) is 0. The van der Waals surface area contributed by atoms with E-state index in [1.807, 2.05) is 0 Å². The first-order valence-electron chi connectivity index (χ1n) is 6.08. The average molecular weight is 317 g/mol. The summed E-state index contributed by atoms with van der Waals surface area (Å²) in [5, 5.41) is 9.99. The van der Waals surface area contributed by atoms with Gasteiger partial charge < -0.3 is 14.6 Å². The lowest BCUT2D eigenvalue weighted by atomic mass is 10.0. The molecule has 0 radical (unpaired) electrons. The molecular weight excluding hydrogens is 303 g/mol. The van der Waals surface area contributed by atoms with Crippen molar-refractivity contribution in [1.29, 1.82) is 0 Å². The Morgan fingerprint density at radius 2 is 2.06 bits per heavy atom. The van der Waals surface area contributed by atoms with Crippen molar-refractivity contribution in [1.82, 2.24) is 0 Å². The molecule has 2 aliphatic rings. The standard InChI is InChI=1S/C13H14BrFO3/c14-9-6-10-12(18-5-1-4-17-10)8(11(9)15)7-13(16)2-3-13/h6,16H,1-5,7H2. The number of aliphatic hydroxyl groups is 1. The normalized spacial score (nSPS) is 20.4. The van der Waals surface area contributed by atoms with Gasteiger partial charge in [0, 0.05) is 24.5 Å². The Hall–Kier alpha value is -0.810. The number of hydrogen-bond acceptors (Lipinski definition) is 3. The van der Waals surface area contributed by atoms with E-state index in [9.17, 15) is 9.50 Å². The molecule has 5 heteroatoms. The minimum Gasteiger partial charge on any atom is -0.490 e. The topological polar surface area (TPSA) is 38.7 Å². The molecule has 0 unspecified atom stereocenters. The highest BCUT2D eigenvalue weighted by Gasteiger charge is 2.42. The number of fused-ring (bicyclic) bond motifs is 1. The molecule has 0 bridgehead atoms. The molecule has 18 heavy (non-hydrogen) atoms. The Bertz CT molecular complexity index is 486. The van der Waals surface area contributed by atoms with E-state index in [1.165, 1.54) is 0 Å². The second kappa shape index (κ2) is 4.38. The van der Waals surface area contributed by atoms with Crippen LogP contribution in [0.3, 0.4) is 0 Å². The second-order valence-electron chi connectivity index (χ2n) is 4.93. The fraction of sp³-hybridized carbons (Fsp3) is 0.538. The van der Waals surface area contributed by atoms with E-state index in [0.29, 0.717) is 47.6 Å². The number of ether oxygens (including phenoxy) is 2. The third kappa shape index (κ3) is 2.21. The van der Waals surface area contributed by atoms with Crippen LogP contribution in [0.1, 0.15) is 24.8 Å². The summed E-state index contributed by atoms with van der Waals surface area (Å²) >= 11 is 3.19. The predicted molar refractivity (Wildman–Crippen MR) is 67.6 cm³/mol. The highest BCUT2D eigenvalue weighted by molar-refractivity contribution is 9.10. The van der Waals surface area contributed by atoms with Crippen LogP contribution in [0.5, 0.6) is 11.5 Å². The van der Waals surface area contributed by atoms with Gasteiger partial charge >= 0.3 is 0 Å². The number of benzene rings is 1. The van der Waals surface area contributed by atoms with Crippen molar-refractivity contribution < 1.29 is 19.0 Å². The van der Waals surface area contributed by atoms with Crippen LogP contribution in [-0.2, 0) is 6.42 Å². The van der Waals surface area contributed by atoms with Gasteiger partial charge in [0.2, 0.25) is 0 Å². The van der Waals surface area contributed by atoms with Gasteiger partial charge in [0.1, 0.15) is 5.82 Å². The highest BCUT2D eigenvalue weighted by Crippen LogP contribution is 2.45. The van der Waals surface area contributed by atoms with Gasteiger partial charge in [-0.3, -0.25) is 0 Å². The van der Waals surface area contributed by atoms with Crippen molar-refractivity contribution in [2.45, 2.75) is 31.3 Å². The van der Waals surface area contributed by atoms with Crippen molar-refractivity contribution in [2.24, 2.45) is 0 Å². The second-order valence-corrected chi connectivity index (χ2v) is 5.78. The van der Waals surface area contributed by atoms with Gasteiger partial charge in [-0.15, -0.1) is 0 Å². The van der Waals surface area contributed by atoms with Gasteiger partial charge in [-0.05, 0) is 28.8 Å². The smallest absolute Gasteiger partial charge is 0.167 e. The number of rotatable bonds is 2. The van der Waals surface area contributed by atoms with Crippen LogP contribution in [-0.4, -0.2) is 23.9 Å². The van der Waals surface area contributed by atoms with Crippen LogP contribution in [0, 0.1) is 5.82 Å². The third-order valence-corrected chi connectivity index (χ3v) is 3.93. The van der Waals surface area contributed by atoms with Gasteiger partial charge in [-0.1, -0.05) is 0 Å². The first kappa shape index (κ1) is 12.2. The molecule has 3 nitrogen and oxygen atoms in total. The summed E-state index contributed by atoms with van der Waals surface area (Å²) in [6.07, 6.45) is 2.49. The molecular formula is C13H14BrFO3. The van der Waals surface area contributed by atoms with E-state index < -0.39 is 5.60 Å². The molecule has 98 valence electrons. The highest BCUT2D eigenvalue weighted by atomic mass is 79.9. The summed E-state index contributed by atoms with van der Waals surface area (Å²) in [6, 6.07) is 1.59. The first-order valence-corrected chi connectivity index (χ1v) is 6.87. The molecule has 0 saturated heterocycles. The zero-order chi connectivity index (χ0) is 12.8. The van der Waals surface area contributed by atoms with Gasteiger partial charge in [0.05, 0.1) is 23.3 Å². The lowest BCUT2D eigenvalue weighted by Crippen LogP contribution is -2.14. The molecule has 3 rings (SSSR count). The summed E-state index contributed by atoms with van der Waals surface area (Å²) in [5.41, 5.74) is -0.341. The maximum absolute atomic E-state index is 14.2. The van der Waals surface area contributed by atoms with E-state index >= 15 is 0 Å². The molecule has 0 spiro atoms. The van der Waals surface area contributed by atoms with Crippen molar-refractivity contribution in [3.05, 3.63) is 21.9 Å². The Labute approximate surface area is 113 Å². The van der Waals surface area contributed by atoms with Crippen molar-refractivity contribution in [3.8, 4) is 11.5 Å². The summed E-state index contributed by atoms with van der Waals surface area (Å²) in [6.45, 7) is 1.08. The minimum absolute atomic E-state index is 0.282. The van der Waals surface area contributed by atoms with Gasteiger partial charge in [0.15, 0.2) is 11.5 Å². The summed E-state index contributed by atoms with van der Waals surface area (Å²) in [4.78, 5) is 0. The van der Waals surface area contributed by atoms with E-state index in [2.05, 4.69) is 15.9 Å². The molecule has 1 heterocycles. The lowest BCUT2D eigenvalue weighted by molar-refractivity contribution is 0.148. The van der Waals surface area contributed by atoms with Crippen LogP contribution in [0.25, 0.3) is 0 Å². The van der Waals surface area contributed by atoms with Crippen LogP contribution < -0.4 is 9.47 Å². The summed E-state index contributed by atoms with van der Waals surface area (Å²) < 4.78 is 25.7. The Kier molecular flexibility index (Phi) is 2.98. The SMILES string of the molecule is OC1(Cc2c(F)c(Br)cc3c2OCCCO3)CC1. The van der Waals surface area contributed by atoms with Crippen molar-refractivity contribution in [2.75, 3.05) is 13.2 Å². The number of hydrogen-bond donors (Lipinski definition) is 1. The zero-order valence-electron chi connectivity index (χ0n) is 9.84. The Balaban J connectivity index is 2.05. The van der Waals surface area contributed by atoms with Crippen LogP contribution >= 0.6 is 15.9 Å². The molecule has 1 saturated carbocycles. The van der Waals surface area contributed by atoms with Crippen LogP contribution in [0.2, 0.25) is 0 Å². The maximum atomic E-state index is 14.2. The maximum Gasteiger partial charge on any atom is 0.167 e. The van der Waals surface area contributed by atoms with Gasteiger partial charge in [0.25, 0.3) is 0 Å². The third-order valence-electron chi connectivity index (χ3n) is 3.36. The fourth-order valence-corrected chi connectivity index (χ4v) is 2.57. The molecule has 0 amide bonds. The molecule has 1 aliphatic carbocycles. The molecule has 1 N–H and O–H groups in total. The zero-order valence-corrected chi connectivity index (χ0v) is 11.4. The Morgan fingerprint density at radius 3 is 2.78 bits per heavy atom. The molecule has 1 fully saturated rings. The van der Waals surface area contributed by atoms with E-state index in [-0.39, 0.29) is 12.2 Å². The van der Waals surface area contributed by atoms with E-state index in [1.54, 1.807) is 6.07 Å². The van der Waals surface area contributed by atoms with Crippen molar-refractivity contribution >= 4 is 15.9 Å². The van der Waals surface area contributed by atoms with Crippen LogP contribution in [0.15, 0.2) is 10.5 Å². The molecule has 1 aliphatic heterocycles.